The van der Waals surface area contributed by atoms with Crippen molar-refractivity contribution >= 4 is 11.6 Å². The predicted molar refractivity (Wildman–Crippen MR) is 78.0 cm³/mol. The van der Waals surface area contributed by atoms with E-state index < -0.39 is 0 Å². The maximum absolute atomic E-state index is 6.05. The van der Waals surface area contributed by atoms with E-state index >= 15 is 0 Å². The van der Waals surface area contributed by atoms with E-state index in [2.05, 4.69) is 24.1 Å². The molecule has 0 radical (unpaired) electrons. The van der Waals surface area contributed by atoms with Crippen molar-refractivity contribution in [2.75, 3.05) is 20.1 Å². The van der Waals surface area contributed by atoms with Gasteiger partial charge in [-0.05, 0) is 57.0 Å². The minimum atomic E-state index is 0.195. The number of hydrogen-bond donors (Lipinski definition) is 1. The third kappa shape index (κ3) is 3.05. The van der Waals surface area contributed by atoms with Crippen LogP contribution < -0.4 is 5.73 Å². The Morgan fingerprint density at radius 3 is 2.89 bits per heavy atom. The summed E-state index contributed by atoms with van der Waals surface area (Å²) in [6.07, 6.45) is 6.01. The smallest absolute Gasteiger partial charge is 0.0408 e. The quantitative estimate of drug-likeness (QED) is 0.908. The van der Waals surface area contributed by atoms with Crippen molar-refractivity contribution < 1.29 is 0 Å². The van der Waals surface area contributed by atoms with E-state index in [-0.39, 0.29) is 5.54 Å². The number of likely N-dealkylation sites (N-methyl/N-ethyl adjacent to an activating group) is 1. The molecule has 0 saturated carbocycles. The summed E-state index contributed by atoms with van der Waals surface area (Å²) in [5.74, 6) is 0. The maximum Gasteiger partial charge on any atom is 0.0408 e. The summed E-state index contributed by atoms with van der Waals surface area (Å²) in [7, 11) is 2.21. The van der Waals surface area contributed by atoms with Gasteiger partial charge in [0, 0.05) is 17.1 Å². The second-order valence-electron chi connectivity index (χ2n) is 5.44. The molecule has 0 spiro atoms. The zero-order chi connectivity index (χ0) is 13.0. The summed E-state index contributed by atoms with van der Waals surface area (Å²) in [6, 6.07) is 8.17. The van der Waals surface area contributed by atoms with Crippen LogP contribution in [-0.4, -0.2) is 30.6 Å². The van der Waals surface area contributed by atoms with Crippen LogP contribution in [0.2, 0.25) is 5.02 Å². The largest absolute Gasteiger partial charge is 0.329 e. The van der Waals surface area contributed by atoms with Gasteiger partial charge in [-0.25, -0.2) is 0 Å². The lowest BCUT2D eigenvalue weighted by atomic mass is 9.82. The zero-order valence-electron chi connectivity index (χ0n) is 11.2. The number of likely N-dealkylation sites (tertiary alicyclic amines) is 1. The molecular weight excluding hydrogens is 244 g/mol. The Morgan fingerprint density at radius 1 is 1.39 bits per heavy atom. The number of nitrogens with two attached hydrogens (primary N) is 1. The monoisotopic (exact) mass is 266 g/mol. The van der Waals surface area contributed by atoms with Crippen LogP contribution >= 0.6 is 11.6 Å². The summed E-state index contributed by atoms with van der Waals surface area (Å²) in [5, 5.41) is 0.825. The number of halogens is 1. The molecule has 0 amide bonds. The summed E-state index contributed by atoms with van der Waals surface area (Å²) in [6.45, 7) is 1.93. The van der Waals surface area contributed by atoms with Gasteiger partial charge in [0.15, 0.2) is 0 Å². The molecule has 0 aromatic heterocycles. The average molecular weight is 267 g/mol. The van der Waals surface area contributed by atoms with E-state index in [1.165, 1.54) is 31.4 Å². The number of piperidine rings is 1. The number of benzene rings is 1. The van der Waals surface area contributed by atoms with Gasteiger partial charge < -0.3 is 5.73 Å². The lowest BCUT2D eigenvalue weighted by molar-refractivity contribution is 0.0722. The van der Waals surface area contributed by atoms with Crippen molar-refractivity contribution in [3.8, 4) is 0 Å². The molecule has 1 atom stereocenters. The van der Waals surface area contributed by atoms with Crippen molar-refractivity contribution in [2.45, 2.75) is 37.6 Å². The maximum atomic E-state index is 6.05. The summed E-state index contributed by atoms with van der Waals surface area (Å²) in [4.78, 5) is 2.46. The number of hydrogen-bond acceptors (Lipinski definition) is 2. The fraction of sp³-hybridized carbons (Fsp3) is 0.600. The van der Waals surface area contributed by atoms with Crippen molar-refractivity contribution in [2.24, 2.45) is 5.73 Å². The van der Waals surface area contributed by atoms with Gasteiger partial charge in [0.05, 0.1) is 0 Å². The molecule has 1 saturated heterocycles. The SMILES string of the molecule is CN1CCCCC1(CN)CCc1cccc(Cl)c1. The number of rotatable bonds is 4. The highest BCUT2D eigenvalue weighted by atomic mass is 35.5. The lowest BCUT2D eigenvalue weighted by Gasteiger charge is -2.45. The molecule has 1 heterocycles. The Morgan fingerprint density at radius 2 is 2.22 bits per heavy atom. The van der Waals surface area contributed by atoms with Gasteiger partial charge >= 0.3 is 0 Å². The van der Waals surface area contributed by atoms with Gasteiger partial charge in [0.1, 0.15) is 0 Å². The fourth-order valence-electron chi connectivity index (χ4n) is 2.98. The van der Waals surface area contributed by atoms with Crippen LogP contribution in [0.15, 0.2) is 24.3 Å². The Kier molecular flexibility index (Phi) is 4.66. The predicted octanol–water partition coefficient (Wildman–Crippen LogP) is 3.09. The second kappa shape index (κ2) is 6.05. The Hall–Kier alpha value is -0.570. The van der Waals surface area contributed by atoms with E-state index in [1.807, 2.05) is 12.1 Å². The van der Waals surface area contributed by atoms with Crippen molar-refractivity contribution in [1.29, 1.82) is 0 Å². The Balaban J connectivity index is 2.02. The van der Waals surface area contributed by atoms with Crippen molar-refractivity contribution in [3.05, 3.63) is 34.9 Å². The van der Waals surface area contributed by atoms with Crippen LogP contribution in [0.25, 0.3) is 0 Å². The van der Waals surface area contributed by atoms with Gasteiger partial charge in [-0.3, -0.25) is 4.90 Å². The molecule has 3 heteroatoms. The standard InChI is InChI=1S/C15H23ClN2/c1-18-10-3-2-8-15(18,12-17)9-7-13-5-4-6-14(16)11-13/h4-6,11H,2-3,7-10,12,17H2,1H3. The summed E-state index contributed by atoms with van der Waals surface area (Å²) >= 11 is 6.03. The molecule has 1 unspecified atom stereocenters. The number of aryl methyl sites for hydroxylation is 1. The molecule has 1 fully saturated rings. The van der Waals surface area contributed by atoms with Crippen LogP contribution in [0.4, 0.5) is 0 Å². The molecule has 0 aliphatic carbocycles. The molecule has 1 aromatic rings. The van der Waals surface area contributed by atoms with Gasteiger partial charge in [0.25, 0.3) is 0 Å². The first-order valence-corrected chi connectivity index (χ1v) is 7.20. The minimum absolute atomic E-state index is 0.195. The summed E-state index contributed by atoms with van der Waals surface area (Å²) < 4.78 is 0. The Bertz CT molecular complexity index is 394. The van der Waals surface area contributed by atoms with Crippen molar-refractivity contribution in [1.82, 2.24) is 4.90 Å². The molecule has 1 aromatic carbocycles. The first kappa shape index (κ1) is 13.9. The topological polar surface area (TPSA) is 29.3 Å². The van der Waals surface area contributed by atoms with E-state index in [0.717, 1.165) is 24.4 Å². The van der Waals surface area contributed by atoms with Gasteiger partial charge in [0.2, 0.25) is 0 Å². The third-order valence-corrected chi connectivity index (χ3v) is 4.58. The van der Waals surface area contributed by atoms with Crippen LogP contribution in [0.5, 0.6) is 0 Å². The molecule has 100 valence electrons. The molecule has 18 heavy (non-hydrogen) atoms. The van der Waals surface area contributed by atoms with Crippen LogP contribution in [0.1, 0.15) is 31.2 Å². The molecule has 1 aliphatic rings. The second-order valence-corrected chi connectivity index (χ2v) is 5.87. The van der Waals surface area contributed by atoms with E-state index in [4.69, 9.17) is 17.3 Å². The molecule has 2 rings (SSSR count). The molecule has 1 aliphatic heterocycles. The fourth-order valence-corrected chi connectivity index (χ4v) is 3.19. The van der Waals surface area contributed by atoms with Gasteiger partial charge in [-0.1, -0.05) is 30.2 Å². The molecule has 2 N–H and O–H groups in total. The molecule has 0 bridgehead atoms. The normalized spacial score (nSPS) is 25.3. The highest BCUT2D eigenvalue weighted by Gasteiger charge is 2.34. The first-order valence-electron chi connectivity index (χ1n) is 6.82. The van der Waals surface area contributed by atoms with E-state index in [1.54, 1.807) is 0 Å². The van der Waals surface area contributed by atoms with Crippen molar-refractivity contribution in [3.63, 3.8) is 0 Å². The Labute approximate surface area is 115 Å². The summed E-state index contributed by atoms with van der Waals surface area (Å²) in [5.41, 5.74) is 7.56. The van der Waals surface area contributed by atoms with Crippen LogP contribution in [0.3, 0.4) is 0 Å². The van der Waals surface area contributed by atoms with Gasteiger partial charge in [-0.2, -0.15) is 0 Å². The molecule has 2 nitrogen and oxygen atoms in total. The number of nitrogens with zero attached hydrogens (tertiary/aromatic N) is 1. The van der Waals surface area contributed by atoms with E-state index in [0.29, 0.717) is 0 Å². The minimum Gasteiger partial charge on any atom is -0.329 e. The van der Waals surface area contributed by atoms with Crippen LogP contribution in [0, 0.1) is 0 Å². The molecular formula is C15H23ClN2. The average Bonchev–Trinajstić information content (AvgIpc) is 2.38. The highest BCUT2D eigenvalue weighted by Crippen LogP contribution is 2.30. The lowest BCUT2D eigenvalue weighted by Crippen LogP contribution is -2.54. The van der Waals surface area contributed by atoms with Crippen LogP contribution in [-0.2, 0) is 6.42 Å². The van der Waals surface area contributed by atoms with Gasteiger partial charge in [-0.15, -0.1) is 0 Å². The van der Waals surface area contributed by atoms with E-state index in [9.17, 15) is 0 Å². The highest BCUT2D eigenvalue weighted by molar-refractivity contribution is 6.30. The first-order chi connectivity index (χ1) is 8.66. The third-order valence-electron chi connectivity index (χ3n) is 4.34. The zero-order valence-corrected chi connectivity index (χ0v) is 11.9.